The van der Waals surface area contributed by atoms with E-state index in [1.165, 1.54) is 12.8 Å². The van der Waals surface area contributed by atoms with Gasteiger partial charge in [0.15, 0.2) is 0 Å². The van der Waals surface area contributed by atoms with Gasteiger partial charge >= 0.3 is 0 Å². The van der Waals surface area contributed by atoms with Crippen molar-refractivity contribution in [2.24, 2.45) is 0 Å². The Labute approximate surface area is 90.1 Å². The maximum absolute atomic E-state index is 8.58. The summed E-state index contributed by atoms with van der Waals surface area (Å²) in [4.78, 5) is 2.41. The van der Waals surface area contributed by atoms with Crippen molar-refractivity contribution in [1.29, 1.82) is 5.26 Å². The molecular formula is C11H16N4. The van der Waals surface area contributed by atoms with Gasteiger partial charge < -0.3 is 0 Å². The van der Waals surface area contributed by atoms with E-state index in [1.807, 2.05) is 16.9 Å². The van der Waals surface area contributed by atoms with Crippen LogP contribution in [0.3, 0.4) is 0 Å². The third-order valence-corrected chi connectivity index (χ3v) is 2.75. The molecule has 4 nitrogen and oxygen atoms in total. The smallest absolute Gasteiger partial charge is 0.0635 e. The molecular weight excluding hydrogens is 188 g/mol. The number of rotatable bonds is 6. The van der Waals surface area contributed by atoms with Crippen molar-refractivity contribution < 1.29 is 0 Å². The summed E-state index contributed by atoms with van der Waals surface area (Å²) >= 11 is 0. The predicted octanol–water partition coefficient (Wildman–Crippen LogP) is 1.26. The molecule has 1 saturated carbocycles. The maximum Gasteiger partial charge on any atom is 0.0635 e. The maximum atomic E-state index is 8.58. The first kappa shape index (κ1) is 10.2. The molecule has 0 aliphatic heterocycles. The van der Waals surface area contributed by atoms with Crippen LogP contribution < -0.4 is 0 Å². The molecule has 2 rings (SSSR count). The van der Waals surface area contributed by atoms with E-state index in [9.17, 15) is 0 Å². The van der Waals surface area contributed by atoms with Gasteiger partial charge in [0.2, 0.25) is 0 Å². The summed E-state index contributed by atoms with van der Waals surface area (Å²) in [6.45, 7) is 2.84. The van der Waals surface area contributed by atoms with Gasteiger partial charge in [-0.15, -0.1) is 0 Å². The minimum atomic E-state index is 0.635. The van der Waals surface area contributed by atoms with Gasteiger partial charge in [0.1, 0.15) is 0 Å². The predicted molar refractivity (Wildman–Crippen MR) is 57.1 cm³/mol. The van der Waals surface area contributed by atoms with Gasteiger partial charge in [0.05, 0.1) is 12.6 Å². The van der Waals surface area contributed by atoms with Crippen LogP contribution >= 0.6 is 0 Å². The zero-order chi connectivity index (χ0) is 10.5. The molecule has 4 heteroatoms. The van der Waals surface area contributed by atoms with Crippen molar-refractivity contribution in [1.82, 2.24) is 14.7 Å². The Balaban J connectivity index is 1.76. The lowest BCUT2D eigenvalue weighted by Gasteiger charge is -2.20. The van der Waals surface area contributed by atoms with Gasteiger partial charge in [-0.25, -0.2) is 0 Å². The number of hydrogen-bond donors (Lipinski definition) is 0. The van der Waals surface area contributed by atoms with Crippen LogP contribution in [-0.4, -0.2) is 33.8 Å². The number of nitrogens with zero attached hydrogens (tertiary/aromatic N) is 4. The Morgan fingerprint density at radius 3 is 2.93 bits per heavy atom. The molecule has 15 heavy (non-hydrogen) atoms. The lowest BCUT2D eigenvalue weighted by Crippen LogP contribution is -2.30. The number of hydrogen-bond acceptors (Lipinski definition) is 3. The summed E-state index contributed by atoms with van der Waals surface area (Å²) in [5, 5.41) is 12.7. The van der Waals surface area contributed by atoms with Crippen molar-refractivity contribution in [3.63, 3.8) is 0 Å². The van der Waals surface area contributed by atoms with Crippen LogP contribution in [0.2, 0.25) is 0 Å². The van der Waals surface area contributed by atoms with Crippen LogP contribution in [-0.2, 0) is 6.54 Å². The highest BCUT2D eigenvalue weighted by atomic mass is 15.3. The second-order valence-electron chi connectivity index (χ2n) is 3.94. The first-order valence-corrected chi connectivity index (χ1v) is 5.48. The molecule has 1 fully saturated rings. The highest BCUT2D eigenvalue weighted by Crippen LogP contribution is 2.26. The average molecular weight is 204 g/mol. The van der Waals surface area contributed by atoms with E-state index in [0.717, 1.165) is 25.7 Å². The Bertz CT molecular complexity index is 321. The summed E-state index contributed by atoms with van der Waals surface area (Å²) in [7, 11) is 0. The normalized spacial score (nSPS) is 15.5. The highest BCUT2D eigenvalue weighted by molar-refractivity contribution is 4.87. The van der Waals surface area contributed by atoms with Gasteiger partial charge in [-0.2, -0.15) is 10.4 Å². The minimum absolute atomic E-state index is 0.635. The molecule has 0 N–H and O–H groups in total. The molecule has 1 heterocycles. The van der Waals surface area contributed by atoms with E-state index in [0.29, 0.717) is 6.42 Å². The Morgan fingerprint density at radius 2 is 2.33 bits per heavy atom. The third-order valence-electron chi connectivity index (χ3n) is 2.75. The van der Waals surface area contributed by atoms with Crippen molar-refractivity contribution in [3.05, 3.63) is 18.5 Å². The number of aromatic nitrogens is 2. The molecule has 1 aromatic rings. The summed E-state index contributed by atoms with van der Waals surface area (Å²) in [6.07, 6.45) is 7.01. The third kappa shape index (κ3) is 3.07. The van der Waals surface area contributed by atoms with Crippen LogP contribution in [0.5, 0.6) is 0 Å². The largest absolute Gasteiger partial charge is 0.298 e. The molecule has 0 radical (unpaired) electrons. The van der Waals surface area contributed by atoms with Crippen LogP contribution in [0.1, 0.15) is 19.3 Å². The fourth-order valence-electron chi connectivity index (χ4n) is 1.77. The van der Waals surface area contributed by atoms with E-state index in [2.05, 4.69) is 16.1 Å². The Kier molecular flexibility index (Phi) is 3.36. The summed E-state index contributed by atoms with van der Waals surface area (Å²) < 4.78 is 1.95. The molecule has 1 aliphatic rings. The van der Waals surface area contributed by atoms with Gasteiger partial charge in [-0.05, 0) is 18.9 Å². The molecule has 0 atom stereocenters. The van der Waals surface area contributed by atoms with Crippen LogP contribution in [0.4, 0.5) is 0 Å². The first-order chi connectivity index (χ1) is 7.40. The van der Waals surface area contributed by atoms with Crippen molar-refractivity contribution in [2.75, 3.05) is 13.1 Å². The molecule has 80 valence electrons. The topological polar surface area (TPSA) is 44.9 Å². The van der Waals surface area contributed by atoms with Crippen LogP contribution in [0.25, 0.3) is 0 Å². The standard InChI is InChI=1S/C11H16N4/c12-5-1-7-14(11-3-4-11)9-10-15-8-2-6-13-15/h2,6,8,11H,1,3-4,7,9-10H2. The fourth-order valence-corrected chi connectivity index (χ4v) is 1.77. The summed E-state index contributed by atoms with van der Waals surface area (Å²) in [5.41, 5.74) is 0. The van der Waals surface area contributed by atoms with E-state index < -0.39 is 0 Å². The monoisotopic (exact) mass is 204 g/mol. The Hall–Kier alpha value is -1.34. The fraction of sp³-hybridized carbons (Fsp3) is 0.636. The van der Waals surface area contributed by atoms with Gasteiger partial charge in [0, 0.05) is 37.9 Å². The van der Waals surface area contributed by atoms with Crippen LogP contribution in [0, 0.1) is 11.3 Å². The first-order valence-electron chi connectivity index (χ1n) is 5.48. The molecule has 0 bridgehead atoms. The van der Waals surface area contributed by atoms with Crippen molar-refractivity contribution in [2.45, 2.75) is 31.8 Å². The molecule has 0 amide bonds. The van der Waals surface area contributed by atoms with Gasteiger partial charge in [-0.1, -0.05) is 0 Å². The quantitative estimate of drug-likeness (QED) is 0.700. The second-order valence-corrected chi connectivity index (χ2v) is 3.94. The molecule has 0 aromatic carbocycles. The molecule has 1 aromatic heterocycles. The summed E-state index contributed by atoms with van der Waals surface area (Å²) in [5.74, 6) is 0. The van der Waals surface area contributed by atoms with Crippen molar-refractivity contribution >= 4 is 0 Å². The zero-order valence-electron chi connectivity index (χ0n) is 8.84. The van der Waals surface area contributed by atoms with E-state index >= 15 is 0 Å². The van der Waals surface area contributed by atoms with Crippen LogP contribution in [0.15, 0.2) is 18.5 Å². The SMILES string of the molecule is N#CCCN(CCn1cccn1)C1CC1. The van der Waals surface area contributed by atoms with Gasteiger partial charge in [0.25, 0.3) is 0 Å². The lowest BCUT2D eigenvalue weighted by molar-refractivity contribution is 0.254. The lowest BCUT2D eigenvalue weighted by atomic mass is 10.3. The van der Waals surface area contributed by atoms with E-state index in [1.54, 1.807) is 6.20 Å². The molecule has 0 saturated heterocycles. The van der Waals surface area contributed by atoms with Gasteiger partial charge in [-0.3, -0.25) is 9.58 Å². The average Bonchev–Trinajstić information content (AvgIpc) is 2.95. The second kappa shape index (κ2) is 4.94. The minimum Gasteiger partial charge on any atom is -0.298 e. The van der Waals surface area contributed by atoms with E-state index in [-0.39, 0.29) is 0 Å². The number of nitriles is 1. The highest BCUT2D eigenvalue weighted by Gasteiger charge is 2.28. The Morgan fingerprint density at radius 1 is 1.47 bits per heavy atom. The molecule has 0 unspecified atom stereocenters. The molecule has 1 aliphatic carbocycles. The van der Waals surface area contributed by atoms with Crippen molar-refractivity contribution in [3.8, 4) is 6.07 Å². The molecule has 0 spiro atoms. The zero-order valence-corrected chi connectivity index (χ0v) is 8.84. The van der Waals surface area contributed by atoms with E-state index in [4.69, 9.17) is 5.26 Å². The summed E-state index contributed by atoms with van der Waals surface area (Å²) in [6, 6.07) is 4.88.